The maximum absolute atomic E-state index is 13.2. The number of methoxy groups -OCH3 is 2. The molecule has 1 fully saturated rings. The van der Waals surface area contributed by atoms with Crippen LogP contribution in [0, 0.1) is 13.8 Å². The molecule has 1 aliphatic rings. The van der Waals surface area contributed by atoms with E-state index in [-0.39, 0.29) is 21.3 Å². The maximum atomic E-state index is 13.2. The van der Waals surface area contributed by atoms with Crippen LogP contribution in [-0.4, -0.2) is 42.0 Å². The van der Waals surface area contributed by atoms with E-state index in [1.165, 1.54) is 19.1 Å². The van der Waals surface area contributed by atoms with Crippen LogP contribution in [0.3, 0.4) is 0 Å². The third kappa shape index (κ3) is 3.81. The van der Waals surface area contributed by atoms with E-state index in [2.05, 4.69) is 9.97 Å². The van der Waals surface area contributed by atoms with Gasteiger partial charge in [-0.1, -0.05) is 11.3 Å². The zero-order valence-electron chi connectivity index (χ0n) is 18.9. The fourth-order valence-electron chi connectivity index (χ4n) is 3.87. The second-order valence-electron chi connectivity index (χ2n) is 7.59. The first-order chi connectivity index (χ1) is 16.3. The summed E-state index contributed by atoms with van der Waals surface area (Å²) in [7, 11) is 2.79. The number of hydrogen-bond donors (Lipinski definition) is 1. The Morgan fingerprint density at radius 3 is 2.59 bits per heavy atom. The first kappa shape index (κ1) is 23.1. The number of aliphatic hydroxyl groups excluding tert-OH is 1. The molecule has 10 heteroatoms. The quantitative estimate of drug-likeness (QED) is 0.258. The summed E-state index contributed by atoms with van der Waals surface area (Å²) in [5.41, 5.74) is 1.97. The molecule has 9 nitrogen and oxygen atoms in total. The summed E-state index contributed by atoms with van der Waals surface area (Å²) in [5, 5.41) is 11.4. The number of thiazole rings is 1. The van der Waals surface area contributed by atoms with Crippen molar-refractivity contribution in [1.29, 1.82) is 0 Å². The van der Waals surface area contributed by atoms with Gasteiger partial charge in [-0.05, 0) is 43.7 Å². The Morgan fingerprint density at radius 1 is 1.21 bits per heavy atom. The van der Waals surface area contributed by atoms with Gasteiger partial charge in [0.1, 0.15) is 22.4 Å². The van der Waals surface area contributed by atoms with Crippen LogP contribution >= 0.6 is 11.3 Å². The van der Waals surface area contributed by atoms with E-state index in [0.29, 0.717) is 22.6 Å². The number of rotatable bonds is 5. The van der Waals surface area contributed by atoms with Crippen molar-refractivity contribution in [2.75, 3.05) is 19.1 Å². The number of aryl methyl sites for hydroxylation is 2. The molecule has 1 aliphatic heterocycles. The number of hydrogen-bond acceptors (Lipinski definition) is 8. The number of benzene rings is 1. The number of H-pyrrole nitrogens is 1. The van der Waals surface area contributed by atoms with Gasteiger partial charge in [0, 0.05) is 17.2 Å². The molecule has 1 unspecified atom stereocenters. The van der Waals surface area contributed by atoms with E-state index in [9.17, 15) is 19.5 Å². The summed E-state index contributed by atoms with van der Waals surface area (Å²) in [6.45, 7) is 3.43. The number of aromatic nitrogens is 2. The van der Waals surface area contributed by atoms with E-state index >= 15 is 0 Å². The largest absolute Gasteiger partial charge is 0.507 e. The van der Waals surface area contributed by atoms with Crippen molar-refractivity contribution in [1.82, 2.24) is 4.98 Å². The first-order valence-corrected chi connectivity index (χ1v) is 11.1. The number of anilines is 1. The Balaban J connectivity index is 1.92. The topological polar surface area (TPSA) is 120 Å². The smallest absolute Gasteiger partial charge is 0.350 e. The lowest BCUT2D eigenvalue weighted by Crippen LogP contribution is -2.29. The molecule has 4 rings (SSSR count). The van der Waals surface area contributed by atoms with Gasteiger partial charge in [0.05, 0.1) is 25.5 Å². The van der Waals surface area contributed by atoms with Crippen molar-refractivity contribution in [3.63, 3.8) is 0 Å². The molecule has 34 heavy (non-hydrogen) atoms. The van der Waals surface area contributed by atoms with Crippen molar-refractivity contribution in [2.24, 2.45) is 0 Å². The van der Waals surface area contributed by atoms with Gasteiger partial charge in [0.15, 0.2) is 17.5 Å². The fraction of sp³-hybridized carbons (Fsp3) is 0.208. The number of Topliss-reactive ketones (excluding diaryl/α,β-unsaturated/α-hetero) is 1. The van der Waals surface area contributed by atoms with Crippen LogP contribution in [0.5, 0.6) is 5.75 Å². The monoisotopic (exact) mass is 480 g/mol. The highest BCUT2D eigenvalue weighted by molar-refractivity contribution is 7.17. The lowest BCUT2D eigenvalue weighted by Gasteiger charge is -2.21. The number of ether oxygens (including phenoxy) is 2. The summed E-state index contributed by atoms with van der Waals surface area (Å²) in [6.07, 6.45) is 3.32. The van der Waals surface area contributed by atoms with Gasteiger partial charge in [-0.25, -0.2) is 14.8 Å². The van der Waals surface area contributed by atoms with Gasteiger partial charge in [0.25, 0.3) is 5.78 Å². The standard InChI is InChI=1S/C24H21N3O6S/c1-12-10-14(7-8-16(12)32-3)19(28)17-18(15-6-5-9-25-11-15)27(22(30)20(17)29)24-26-13(2)21(34-24)23(31)33-4/h5-11,18,28H,1-4H3/p+1. The summed E-state index contributed by atoms with van der Waals surface area (Å²) in [4.78, 5) is 47.3. The van der Waals surface area contributed by atoms with Crippen molar-refractivity contribution in [3.8, 4) is 5.75 Å². The Labute approximate surface area is 199 Å². The number of ketones is 1. The number of pyridine rings is 1. The molecule has 1 amide bonds. The second-order valence-corrected chi connectivity index (χ2v) is 8.57. The lowest BCUT2D eigenvalue weighted by molar-refractivity contribution is -0.378. The Morgan fingerprint density at radius 2 is 1.97 bits per heavy atom. The fourth-order valence-corrected chi connectivity index (χ4v) is 4.88. The molecule has 0 spiro atoms. The number of aliphatic hydroxyl groups is 1. The molecule has 0 bridgehead atoms. The Bertz CT molecular complexity index is 1330. The van der Waals surface area contributed by atoms with E-state index in [0.717, 1.165) is 16.9 Å². The Kier molecular flexibility index (Phi) is 6.16. The van der Waals surface area contributed by atoms with Gasteiger partial charge in [-0.3, -0.25) is 14.5 Å². The van der Waals surface area contributed by atoms with Gasteiger partial charge in [-0.2, -0.15) is 0 Å². The van der Waals surface area contributed by atoms with Gasteiger partial charge >= 0.3 is 11.9 Å². The Hall–Kier alpha value is -4.05. The first-order valence-electron chi connectivity index (χ1n) is 10.3. The average molecular weight is 481 g/mol. The molecular formula is C24H22N3O6S+. The molecule has 3 heterocycles. The highest BCUT2D eigenvalue weighted by Crippen LogP contribution is 2.43. The molecule has 1 aromatic carbocycles. The number of aromatic amines is 1. The highest BCUT2D eigenvalue weighted by Gasteiger charge is 2.49. The summed E-state index contributed by atoms with van der Waals surface area (Å²) in [6, 6.07) is 7.47. The predicted octanol–water partition coefficient (Wildman–Crippen LogP) is 3.00. The molecule has 1 saturated heterocycles. The number of nitrogens with zero attached hydrogens (tertiary/aromatic N) is 2. The lowest BCUT2D eigenvalue weighted by atomic mass is 9.96. The second kappa shape index (κ2) is 9.06. The number of esters is 1. The molecule has 0 radical (unpaired) electrons. The third-order valence-corrected chi connectivity index (χ3v) is 6.66. The van der Waals surface area contributed by atoms with E-state index < -0.39 is 23.7 Å². The van der Waals surface area contributed by atoms with E-state index in [4.69, 9.17) is 9.47 Å². The number of amides is 1. The van der Waals surface area contributed by atoms with Gasteiger partial charge in [0.2, 0.25) is 0 Å². The average Bonchev–Trinajstić information content (AvgIpc) is 3.35. The molecule has 2 N–H and O–H groups in total. The van der Waals surface area contributed by atoms with Crippen molar-refractivity contribution < 1.29 is 33.9 Å². The highest BCUT2D eigenvalue weighted by atomic mass is 32.1. The molecule has 3 aromatic rings. The van der Waals surface area contributed by atoms with Crippen LogP contribution in [0.2, 0.25) is 0 Å². The van der Waals surface area contributed by atoms with Crippen LogP contribution in [0.4, 0.5) is 5.13 Å². The predicted molar refractivity (Wildman–Crippen MR) is 124 cm³/mol. The van der Waals surface area contributed by atoms with Gasteiger partial charge < -0.3 is 14.6 Å². The van der Waals surface area contributed by atoms with Crippen LogP contribution in [0.15, 0.2) is 48.3 Å². The van der Waals surface area contributed by atoms with Crippen LogP contribution in [-0.2, 0) is 14.3 Å². The maximum Gasteiger partial charge on any atom is 0.350 e. The van der Waals surface area contributed by atoms with Crippen LogP contribution < -0.4 is 14.6 Å². The third-order valence-electron chi connectivity index (χ3n) is 5.52. The van der Waals surface area contributed by atoms with Crippen molar-refractivity contribution >= 4 is 39.9 Å². The number of nitrogens with one attached hydrogen (secondary N) is 1. The summed E-state index contributed by atoms with van der Waals surface area (Å²) < 4.78 is 10.1. The minimum Gasteiger partial charge on any atom is -0.507 e. The summed E-state index contributed by atoms with van der Waals surface area (Å²) in [5.74, 6) is -1.99. The summed E-state index contributed by atoms with van der Waals surface area (Å²) >= 11 is 0.947. The molecular weight excluding hydrogens is 458 g/mol. The van der Waals surface area contributed by atoms with E-state index in [1.54, 1.807) is 49.6 Å². The normalized spacial score (nSPS) is 17.2. The SMILES string of the molecule is COC(=O)c1sc(N2C(=O)C(=O)C(=C(O)c3ccc(OC)c(C)c3)C2c2ccc[nH+]c2)nc1C. The van der Waals surface area contributed by atoms with Crippen LogP contribution in [0.1, 0.15) is 38.1 Å². The zero-order chi connectivity index (χ0) is 24.6. The number of carbonyl (C=O) groups excluding carboxylic acids is 3. The minimum atomic E-state index is -0.962. The number of carbonyl (C=O) groups is 3. The molecule has 0 aliphatic carbocycles. The van der Waals surface area contributed by atoms with Crippen molar-refractivity contribution in [3.05, 3.63) is 75.6 Å². The molecule has 0 saturated carbocycles. The zero-order valence-corrected chi connectivity index (χ0v) is 19.7. The molecule has 174 valence electrons. The molecule has 2 aromatic heterocycles. The molecule has 1 atom stereocenters. The van der Waals surface area contributed by atoms with E-state index in [1.807, 2.05) is 6.92 Å². The van der Waals surface area contributed by atoms with Crippen LogP contribution in [0.25, 0.3) is 5.76 Å². The van der Waals surface area contributed by atoms with Gasteiger partial charge in [-0.15, -0.1) is 0 Å². The van der Waals surface area contributed by atoms with Crippen molar-refractivity contribution in [2.45, 2.75) is 19.9 Å². The minimum absolute atomic E-state index is 0.0818.